The minimum Gasteiger partial charge on any atom is -0.342 e. The van der Waals surface area contributed by atoms with E-state index in [9.17, 15) is 4.79 Å². The first-order valence-electron chi connectivity index (χ1n) is 10.2. The average Bonchev–Trinajstić information content (AvgIpc) is 3.17. The second-order valence-corrected chi connectivity index (χ2v) is 9.06. The van der Waals surface area contributed by atoms with E-state index in [4.69, 9.17) is 16.1 Å². The molecule has 0 aliphatic rings. The van der Waals surface area contributed by atoms with Crippen molar-refractivity contribution in [3.8, 4) is 11.4 Å². The largest absolute Gasteiger partial charge is 0.342 e. The topological polar surface area (TPSA) is 59.2 Å². The number of hydrogen-bond donors (Lipinski definition) is 0. The zero-order chi connectivity index (χ0) is 21.6. The molecule has 0 atom stereocenters. The Labute approximate surface area is 183 Å². The molecular weight excluding hydrogens is 398 g/mol. The fourth-order valence-electron chi connectivity index (χ4n) is 3.14. The van der Waals surface area contributed by atoms with Crippen LogP contribution in [-0.2, 0) is 17.6 Å². The fourth-order valence-corrected chi connectivity index (χ4v) is 3.26. The number of hydrogen-bond acceptors (Lipinski definition) is 4. The van der Waals surface area contributed by atoms with Crippen LogP contribution in [0.15, 0.2) is 59.1 Å². The third-order valence-electron chi connectivity index (χ3n) is 4.71. The molecule has 0 bridgehead atoms. The number of benzene rings is 2. The van der Waals surface area contributed by atoms with Crippen molar-refractivity contribution < 1.29 is 9.32 Å². The lowest BCUT2D eigenvalue weighted by atomic mass is 9.91. The highest BCUT2D eigenvalue weighted by Crippen LogP contribution is 2.21. The predicted octanol–water partition coefficient (Wildman–Crippen LogP) is 5.44. The smallest absolute Gasteiger partial charge is 0.228 e. The lowest BCUT2D eigenvalue weighted by Crippen LogP contribution is -2.36. The molecule has 1 aromatic heterocycles. The summed E-state index contributed by atoms with van der Waals surface area (Å²) in [5.74, 6) is 1.20. The first-order chi connectivity index (χ1) is 14.3. The molecule has 0 aliphatic carbocycles. The SMILES string of the molecule is CC(C)(C)CC(=O)N(CCc1ccccc1)CCc1nc(-c2ccc(Cl)cc2)no1. The molecule has 2 aromatic carbocycles. The first-order valence-corrected chi connectivity index (χ1v) is 10.6. The van der Waals surface area contributed by atoms with E-state index in [0.717, 1.165) is 12.0 Å². The summed E-state index contributed by atoms with van der Waals surface area (Å²) in [6.45, 7) is 7.45. The zero-order valence-corrected chi connectivity index (χ0v) is 18.5. The van der Waals surface area contributed by atoms with Crippen molar-refractivity contribution in [1.82, 2.24) is 15.0 Å². The Morgan fingerprint density at radius 1 is 1.00 bits per heavy atom. The Balaban J connectivity index is 1.65. The molecule has 0 saturated heterocycles. The summed E-state index contributed by atoms with van der Waals surface area (Å²) in [5, 5.41) is 4.72. The van der Waals surface area contributed by atoms with E-state index in [-0.39, 0.29) is 11.3 Å². The molecule has 0 unspecified atom stereocenters. The Bertz CT molecular complexity index is 947. The summed E-state index contributed by atoms with van der Waals surface area (Å²) in [5.41, 5.74) is 2.00. The van der Waals surface area contributed by atoms with Gasteiger partial charge >= 0.3 is 0 Å². The van der Waals surface area contributed by atoms with Gasteiger partial charge in [-0.25, -0.2) is 0 Å². The minimum absolute atomic E-state index is 0.0612. The molecule has 0 spiro atoms. The monoisotopic (exact) mass is 425 g/mol. The van der Waals surface area contributed by atoms with E-state index in [0.29, 0.717) is 42.7 Å². The van der Waals surface area contributed by atoms with Crippen molar-refractivity contribution in [3.05, 3.63) is 71.1 Å². The second-order valence-electron chi connectivity index (χ2n) is 8.62. The van der Waals surface area contributed by atoms with Crippen LogP contribution in [0.2, 0.25) is 5.02 Å². The highest BCUT2D eigenvalue weighted by Gasteiger charge is 2.22. The highest BCUT2D eigenvalue weighted by atomic mass is 35.5. The second kappa shape index (κ2) is 9.90. The molecule has 3 aromatic rings. The Hall–Kier alpha value is -2.66. The third kappa shape index (κ3) is 6.70. The van der Waals surface area contributed by atoms with Gasteiger partial charge in [0.25, 0.3) is 0 Å². The van der Waals surface area contributed by atoms with Gasteiger partial charge in [-0.1, -0.05) is 67.9 Å². The number of aromatic nitrogens is 2. The van der Waals surface area contributed by atoms with E-state index in [1.54, 1.807) is 12.1 Å². The van der Waals surface area contributed by atoms with E-state index >= 15 is 0 Å². The van der Waals surface area contributed by atoms with Gasteiger partial charge in [-0.3, -0.25) is 4.79 Å². The van der Waals surface area contributed by atoms with Crippen molar-refractivity contribution in [2.75, 3.05) is 13.1 Å². The Morgan fingerprint density at radius 3 is 2.33 bits per heavy atom. The van der Waals surface area contributed by atoms with Crippen LogP contribution in [0.25, 0.3) is 11.4 Å². The molecule has 5 nitrogen and oxygen atoms in total. The maximum absolute atomic E-state index is 12.9. The van der Waals surface area contributed by atoms with Crippen LogP contribution >= 0.6 is 11.6 Å². The quantitative estimate of drug-likeness (QED) is 0.482. The number of nitrogens with zero attached hydrogens (tertiary/aromatic N) is 3. The van der Waals surface area contributed by atoms with Gasteiger partial charge in [0.1, 0.15) is 0 Å². The maximum atomic E-state index is 12.9. The molecule has 3 rings (SSSR count). The molecule has 1 amide bonds. The van der Waals surface area contributed by atoms with Crippen LogP contribution in [0.5, 0.6) is 0 Å². The molecule has 30 heavy (non-hydrogen) atoms. The molecule has 6 heteroatoms. The Kier molecular flexibility index (Phi) is 7.27. The van der Waals surface area contributed by atoms with Crippen LogP contribution in [0, 0.1) is 5.41 Å². The summed E-state index contributed by atoms with van der Waals surface area (Å²) in [6.07, 6.45) is 1.84. The summed E-state index contributed by atoms with van der Waals surface area (Å²) in [6, 6.07) is 17.5. The van der Waals surface area contributed by atoms with Crippen LogP contribution in [0.3, 0.4) is 0 Å². The maximum Gasteiger partial charge on any atom is 0.228 e. The van der Waals surface area contributed by atoms with Gasteiger partial charge in [0.2, 0.25) is 17.6 Å². The number of carbonyl (C=O) groups is 1. The number of halogens is 1. The highest BCUT2D eigenvalue weighted by molar-refractivity contribution is 6.30. The van der Waals surface area contributed by atoms with E-state index in [2.05, 4.69) is 43.0 Å². The van der Waals surface area contributed by atoms with E-state index in [1.807, 2.05) is 35.2 Å². The average molecular weight is 426 g/mol. The van der Waals surface area contributed by atoms with Crippen molar-refractivity contribution in [3.63, 3.8) is 0 Å². The fraction of sp³-hybridized carbons (Fsp3) is 0.375. The molecule has 0 aliphatic heterocycles. The standard InChI is InChI=1S/C24H28ClN3O2/c1-24(2,3)17-22(29)28(15-13-18-7-5-4-6-8-18)16-14-21-26-23(27-30-21)19-9-11-20(25)12-10-19/h4-12H,13-17H2,1-3H3. The number of carbonyl (C=O) groups excluding carboxylic acids is 1. The molecule has 1 heterocycles. The van der Waals surface area contributed by atoms with E-state index < -0.39 is 0 Å². The summed E-state index contributed by atoms with van der Waals surface area (Å²) in [4.78, 5) is 19.3. The summed E-state index contributed by atoms with van der Waals surface area (Å²) < 4.78 is 5.41. The van der Waals surface area contributed by atoms with E-state index in [1.165, 1.54) is 5.56 Å². The van der Waals surface area contributed by atoms with Gasteiger partial charge in [-0.15, -0.1) is 0 Å². The lowest BCUT2D eigenvalue weighted by Gasteiger charge is -2.26. The van der Waals surface area contributed by atoms with Gasteiger partial charge in [0.05, 0.1) is 0 Å². The van der Waals surface area contributed by atoms with Crippen LogP contribution < -0.4 is 0 Å². The predicted molar refractivity (Wildman–Crippen MR) is 119 cm³/mol. The van der Waals surface area contributed by atoms with Crippen LogP contribution in [0.1, 0.15) is 38.6 Å². The van der Waals surface area contributed by atoms with Gasteiger partial charge in [0, 0.05) is 36.5 Å². The van der Waals surface area contributed by atoms with Gasteiger partial charge in [0.15, 0.2) is 0 Å². The van der Waals surface area contributed by atoms with Crippen molar-refractivity contribution in [1.29, 1.82) is 0 Å². The number of amides is 1. The molecule has 0 fully saturated rings. The normalized spacial score (nSPS) is 11.5. The van der Waals surface area contributed by atoms with Crippen LogP contribution in [-0.4, -0.2) is 34.0 Å². The Morgan fingerprint density at radius 2 is 1.67 bits per heavy atom. The third-order valence-corrected chi connectivity index (χ3v) is 4.97. The van der Waals surface area contributed by atoms with Crippen molar-refractivity contribution in [2.24, 2.45) is 5.41 Å². The van der Waals surface area contributed by atoms with Crippen molar-refractivity contribution in [2.45, 2.75) is 40.0 Å². The summed E-state index contributed by atoms with van der Waals surface area (Å²) in [7, 11) is 0. The summed E-state index contributed by atoms with van der Waals surface area (Å²) >= 11 is 5.94. The van der Waals surface area contributed by atoms with Gasteiger partial charge in [-0.2, -0.15) is 4.98 Å². The molecular formula is C24H28ClN3O2. The van der Waals surface area contributed by atoms with Gasteiger partial charge in [-0.05, 0) is 41.7 Å². The lowest BCUT2D eigenvalue weighted by molar-refractivity contribution is -0.133. The van der Waals surface area contributed by atoms with Crippen LogP contribution in [0.4, 0.5) is 0 Å². The minimum atomic E-state index is -0.0612. The molecule has 0 N–H and O–H groups in total. The number of rotatable bonds is 8. The van der Waals surface area contributed by atoms with Gasteiger partial charge < -0.3 is 9.42 Å². The van der Waals surface area contributed by atoms with Crippen molar-refractivity contribution >= 4 is 17.5 Å². The molecule has 0 saturated carbocycles. The first kappa shape index (κ1) is 22.0. The molecule has 0 radical (unpaired) electrons. The molecule has 158 valence electrons. The zero-order valence-electron chi connectivity index (χ0n) is 17.8.